The van der Waals surface area contributed by atoms with Crippen LogP contribution in [-0.4, -0.2) is 37.8 Å². The van der Waals surface area contributed by atoms with Gasteiger partial charge in [-0.1, -0.05) is 19.1 Å². The van der Waals surface area contributed by atoms with Crippen molar-refractivity contribution in [1.29, 1.82) is 0 Å². The van der Waals surface area contributed by atoms with Gasteiger partial charge in [0, 0.05) is 28.3 Å². The summed E-state index contributed by atoms with van der Waals surface area (Å²) in [6, 6.07) is 12.8. The van der Waals surface area contributed by atoms with Crippen LogP contribution < -0.4 is 19.7 Å². The smallest absolute Gasteiger partial charge is 0.244 e. The highest BCUT2D eigenvalue weighted by Crippen LogP contribution is 2.37. The van der Waals surface area contributed by atoms with Crippen molar-refractivity contribution in [3.05, 3.63) is 42.5 Å². The van der Waals surface area contributed by atoms with Gasteiger partial charge in [-0.3, -0.25) is 9.59 Å². The van der Waals surface area contributed by atoms with Crippen molar-refractivity contribution < 1.29 is 19.1 Å². The van der Waals surface area contributed by atoms with Gasteiger partial charge in [0.05, 0.1) is 19.9 Å². The maximum absolute atomic E-state index is 12.7. The van der Waals surface area contributed by atoms with E-state index in [4.69, 9.17) is 9.47 Å². The van der Waals surface area contributed by atoms with Gasteiger partial charge < -0.3 is 19.7 Å². The summed E-state index contributed by atoms with van der Waals surface area (Å²) in [7, 11) is 3.09. The molecule has 1 aliphatic heterocycles. The van der Waals surface area contributed by atoms with Gasteiger partial charge >= 0.3 is 0 Å². The van der Waals surface area contributed by atoms with E-state index in [1.807, 2.05) is 31.2 Å². The van der Waals surface area contributed by atoms with E-state index >= 15 is 0 Å². The summed E-state index contributed by atoms with van der Waals surface area (Å²) in [6.45, 7) is 1.98. The topological polar surface area (TPSA) is 67.9 Å². The summed E-state index contributed by atoms with van der Waals surface area (Å²) in [5.74, 6) is 0.780. The number of thioether (sulfide) groups is 1. The molecule has 2 aromatic rings. The fourth-order valence-corrected chi connectivity index (χ4v) is 4.08. The molecule has 0 fully saturated rings. The van der Waals surface area contributed by atoms with Crippen LogP contribution in [0.25, 0.3) is 0 Å². The predicted octanol–water partition coefficient (Wildman–Crippen LogP) is 3.56. The SMILES string of the molecule is COc1ccc(NC(=O)CN2C(=O)CC(C)Sc3ccccc32)cc1OC. The lowest BCUT2D eigenvalue weighted by Gasteiger charge is -2.22. The molecule has 1 unspecified atom stereocenters. The zero-order chi connectivity index (χ0) is 19.4. The van der Waals surface area contributed by atoms with Gasteiger partial charge in [-0.15, -0.1) is 11.8 Å². The van der Waals surface area contributed by atoms with Gasteiger partial charge in [0.25, 0.3) is 0 Å². The van der Waals surface area contributed by atoms with Gasteiger partial charge in [0.2, 0.25) is 11.8 Å². The van der Waals surface area contributed by atoms with Crippen molar-refractivity contribution in [2.75, 3.05) is 31.0 Å². The molecule has 0 aromatic heterocycles. The first-order valence-electron chi connectivity index (χ1n) is 8.59. The van der Waals surface area contributed by atoms with E-state index in [1.54, 1.807) is 42.0 Å². The average Bonchev–Trinajstić information content (AvgIpc) is 2.77. The van der Waals surface area contributed by atoms with E-state index in [2.05, 4.69) is 5.32 Å². The van der Waals surface area contributed by atoms with Crippen molar-refractivity contribution in [3.8, 4) is 11.5 Å². The van der Waals surface area contributed by atoms with Crippen LogP contribution in [0.5, 0.6) is 11.5 Å². The second-order valence-electron chi connectivity index (χ2n) is 6.20. The summed E-state index contributed by atoms with van der Waals surface area (Å²) >= 11 is 1.66. The maximum atomic E-state index is 12.7. The molecule has 2 aromatic carbocycles. The van der Waals surface area contributed by atoms with Crippen LogP contribution in [0.4, 0.5) is 11.4 Å². The monoisotopic (exact) mass is 386 g/mol. The summed E-state index contributed by atoms with van der Waals surface area (Å²) in [5, 5.41) is 2.99. The highest BCUT2D eigenvalue weighted by Gasteiger charge is 2.27. The number of hydrogen-bond acceptors (Lipinski definition) is 5. The van der Waals surface area contributed by atoms with Gasteiger partial charge in [0.15, 0.2) is 11.5 Å². The standard InChI is InChI=1S/C20H22N2O4S/c1-13-10-20(24)22(15-6-4-5-7-18(15)27-13)12-19(23)21-14-8-9-16(25-2)17(11-14)26-3/h4-9,11,13H,10,12H2,1-3H3,(H,21,23). The third-order valence-electron chi connectivity index (χ3n) is 4.22. The summed E-state index contributed by atoms with van der Waals surface area (Å²) in [4.78, 5) is 27.8. The summed E-state index contributed by atoms with van der Waals surface area (Å²) in [5.41, 5.74) is 1.36. The van der Waals surface area contributed by atoms with E-state index < -0.39 is 0 Å². The Bertz CT molecular complexity index is 856. The van der Waals surface area contributed by atoms with Crippen LogP contribution in [0.15, 0.2) is 47.4 Å². The van der Waals surface area contributed by atoms with Crippen molar-refractivity contribution >= 4 is 35.0 Å². The predicted molar refractivity (Wildman–Crippen MR) is 107 cm³/mol. The van der Waals surface area contributed by atoms with Crippen LogP contribution in [0.1, 0.15) is 13.3 Å². The van der Waals surface area contributed by atoms with Crippen LogP contribution in [0.3, 0.4) is 0 Å². The molecule has 0 aliphatic carbocycles. The van der Waals surface area contributed by atoms with Gasteiger partial charge in [-0.25, -0.2) is 0 Å². The Morgan fingerprint density at radius 3 is 2.67 bits per heavy atom. The third-order valence-corrected chi connectivity index (χ3v) is 5.38. The highest BCUT2D eigenvalue weighted by atomic mass is 32.2. The summed E-state index contributed by atoms with van der Waals surface area (Å²) < 4.78 is 10.5. The Balaban J connectivity index is 1.78. The average molecular weight is 386 g/mol. The number of nitrogens with zero attached hydrogens (tertiary/aromatic N) is 1. The minimum Gasteiger partial charge on any atom is -0.493 e. The number of amides is 2. The van der Waals surface area contributed by atoms with Gasteiger partial charge in [-0.2, -0.15) is 0 Å². The maximum Gasteiger partial charge on any atom is 0.244 e. The van der Waals surface area contributed by atoms with E-state index in [0.717, 1.165) is 10.6 Å². The van der Waals surface area contributed by atoms with Crippen molar-refractivity contribution in [2.45, 2.75) is 23.5 Å². The van der Waals surface area contributed by atoms with Gasteiger partial charge in [-0.05, 0) is 24.3 Å². The molecular formula is C20H22N2O4S. The molecule has 27 heavy (non-hydrogen) atoms. The molecule has 3 rings (SSSR count). The van der Waals surface area contributed by atoms with Gasteiger partial charge in [0.1, 0.15) is 6.54 Å². The van der Waals surface area contributed by atoms with E-state index in [9.17, 15) is 9.59 Å². The van der Waals surface area contributed by atoms with Crippen LogP contribution >= 0.6 is 11.8 Å². The number of rotatable bonds is 5. The molecule has 0 saturated heterocycles. The van der Waals surface area contributed by atoms with Crippen LogP contribution in [0.2, 0.25) is 0 Å². The Labute approximate surface area is 162 Å². The van der Waals surface area contributed by atoms with Crippen molar-refractivity contribution in [3.63, 3.8) is 0 Å². The van der Waals surface area contributed by atoms with E-state index in [1.165, 1.54) is 7.11 Å². The lowest BCUT2D eigenvalue weighted by atomic mass is 10.2. The Morgan fingerprint density at radius 1 is 1.19 bits per heavy atom. The second kappa shape index (κ2) is 8.35. The quantitative estimate of drug-likeness (QED) is 0.851. The third kappa shape index (κ3) is 4.36. The van der Waals surface area contributed by atoms with E-state index in [0.29, 0.717) is 23.6 Å². The zero-order valence-electron chi connectivity index (χ0n) is 15.5. The molecule has 0 radical (unpaired) electrons. The minimum absolute atomic E-state index is 0.0442. The number of hydrogen-bond donors (Lipinski definition) is 1. The molecule has 0 saturated carbocycles. The fourth-order valence-electron chi connectivity index (χ4n) is 2.96. The molecular weight excluding hydrogens is 364 g/mol. The van der Waals surface area contributed by atoms with Crippen molar-refractivity contribution in [1.82, 2.24) is 0 Å². The molecule has 1 atom stereocenters. The van der Waals surface area contributed by atoms with Crippen LogP contribution in [0, 0.1) is 0 Å². The Morgan fingerprint density at radius 2 is 1.93 bits per heavy atom. The number of carbonyl (C=O) groups is 2. The molecule has 1 aliphatic rings. The molecule has 142 valence electrons. The molecule has 0 spiro atoms. The Kier molecular flexibility index (Phi) is 5.91. The normalized spacial score (nSPS) is 16.3. The molecule has 7 heteroatoms. The lowest BCUT2D eigenvalue weighted by Crippen LogP contribution is -2.38. The number of fused-ring (bicyclic) bond motifs is 1. The number of ether oxygens (including phenoxy) is 2. The molecule has 1 heterocycles. The number of nitrogens with one attached hydrogen (secondary N) is 1. The number of carbonyl (C=O) groups excluding carboxylic acids is 2. The van der Waals surface area contributed by atoms with E-state index in [-0.39, 0.29) is 23.6 Å². The molecule has 2 amide bonds. The fraction of sp³-hybridized carbons (Fsp3) is 0.300. The zero-order valence-corrected chi connectivity index (χ0v) is 16.3. The van der Waals surface area contributed by atoms with Crippen molar-refractivity contribution in [2.24, 2.45) is 0 Å². The number of anilines is 2. The largest absolute Gasteiger partial charge is 0.493 e. The molecule has 6 nitrogen and oxygen atoms in total. The first-order chi connectivity index (χ1) is 13.0. The molecule has 0 bridgehead atoms. The first-order valence-corrected chi connectivity index (χ1v) is 9.47. The molecule has 1 N–H and O–H groups in total. The summed E-state index contributed by atoms with van der Waals surface area (Å²) in [6.07, 6.45) is 0.392. The number of para-hydroxylation sites is 1. The van der Waals surface area contributed by atoms with Crippen LogP contribution in [-0.2, 0) is 9.59 Å². The Hall–Kier alpha value is -2.67. The minimum atomic E-state index is -0.273. The lowest BCUT2D eigenvalue weighted by molar-refractivity contribution is -0.121. The number of benzene rings is 2. The number of methoxy groups -OCH3 is 2. The first kappa shape index (κ1) is 19.1. The second-order valence-corrected chi connectivity index (χ2v) is 7.68. The highest BCUT2D eigenvalue weighted by molar-refractivity contribution is 8.00.